The van der Waals surface area contributed by atoms with Gasteiger partial charge in [-0.3, -0.25) is 4.68 Å². The van der Waals surface area contributed by atoms with Crippen molar-refractivity contribution in [2.24, 2.45) is 0 Å². The van der Waals surface area contributed by atoms with Crippen LogP contribution in [0.5, 0.6) is 5.75 Å². The maximum absolute atomic E-state index is 9.86. The van der Waals surface area contributed by atoms with Crippen molar-refractivity contribution in [1.82, 2.24) is 19.7 Å². The molecule has 0 radical (unpaired) electrons. The largest absolute Gasteiger partial charge is 0.482 e. The van der Waals surface area contributed by atoms with E-state index in [9.17, 15) is 5.11 Å². The van der Waals surface area contributed by atoms with E-state index in [2.05, 4.69) is 44.7 Å². The normalized spacial score (nSPS) is 16.0. The minimum absolute atomic E-state index is 0.259. The number of nitrogens with two attached hydrogens (primary N) is 1. The molecule has 3 N–H and O–H groups in total. The summed E-state index contributed by atoms with van der Waals surface area (Å²) in [5.74, 6) is 6.73. The van der Waals surface area contributed by atoms with Gasteiger partial charge in [-0.2, -0.15) is 5.10 Å². The lowest BCUT2D eigenvalue weighted by Gasteiger charge is -2.28. The summed E-state index contributed by atoms with van der Waals surface area (Å²) < 4.78 is 8.28. The Kier molecular flexibility index (Phi) is 6.92. The van der Waals surface area contributed by atoms with Gasteiger partial charge in [0.25, 0.3) is 0 Å². The van der Waals surface area contributed by atoms with E-state index < -0.39 is 5.60 Å². The molecule has 34 heavy (non-hydrogen) atoms. The molecular weight excluding hydrogens is 426 g/mol. The van der Waals surface area contributed by atoms with Crippen LogP contribution in [0.15, 0.2) is 48.9 Å². The average molecular weight is 460 g/mol. The van der Waals surface area contributed by atoms with Gasteiger partial charge in [0.05, 0.1) is 12.2 Å². The Labute approximate surface area is 201 Å². The van der Waals surface area contributed by atoms with Gasteiger partial charge >= 0.3 is 0 Å². The van der Waals surface area contributed by atoms with Gasteiger partial charge in [0.15, 0.2) is 11.6 Å². The summed E-state index contributed by atoms with van der Waals surface area (Å²) in [6.45, 7) is 7.46. The van der Waals surface area contributed by atoms with Crippen LogP contribution in [0.4, 0.5) is 5.82 Å². The molecule has 1 aromatic carbocycles. The fourth-order valence-corrected chi connectivity index (χ4v) is 4.01. The number of ether oxygens (including phenoxy) is 1. The Morgan fingerprint density at radius 1 is 1.18 bits per heavy atom. The minimum atomic E-state index is -1.04. The van der Waals surface area contributed by atoms with E-state index in [-0.39, 0.29) is 6.10 Å². The van der Waals surface area contributed by atoms with Crippen LogP contribution in [-0.4, -0.2) is 50.5 Å². The topological polar surface area (TPSA) is 89.4 Å². The second-order valence-corrected chi connectivity index (χ2v) is 9.55. The van der Waals surface area contributed by atoms with Crippen molar-refractivity contribution < 1.29 is 9.84 Å². The van der Waals surface area contributed by atoms with E-state index in [1.165, 1.54) is 0 Å². The summed E-state index contributed by atoms with van der Waals surface area (Å²) in [5.41, 5.74) is 8.79. The highest BCUT2D eigenvalue weighted by Gasteiger charge is 2.20. The van der Waals surface area contributed by atoms with E-state index in [1.54, 1.807) is 20.0 Å². The third kappa shape index (κ3) is 5.96. The lowest BCUT2D eigenvalue weighted by molar-refractivity contribution is 0.143. The predicted molar refractivity (Wildman–Crippen MR) is 134 cm³/mol. The molecule has 2 aromatic heterocycles. The summed E-state index contributed by atoms with van der Waals surface area (Å²) in [5, 5.41) is 14.5. The van der Waals surface area contributed by atoms with Crippen LogP contribution in [0.25, 0.3) is 11.1 Å². The first kappa shape index (κ1) is 23.8. The third-order valence-corrected chi connectivity index (χ3v) is 6.05. The number of anilines is 1. The Hall–Kier alpha value is -3.34. The van der Waals surface area contributed by atoms with Crippen molar-refractivity contribution in [2.75, 3.05) is 25.9 Å². The minimum Gasteiger partial charge on any atom is -0.482 e. The molecule has 0 bridgehead atoms. The number of hydrogen-bond acceptors (Lipinski definition) is 6. The molecule has 0 amide bonds. The summed E-state index contributed by atoms with van der Waals surface area (Å²) >= 11 is 0. The first-order chi connectivity index (χ1) is 16.2. The summed E-state index contributed by atoms with van der Waals surface area (Å²) in [6, 6.07) is 10.1. The highest BCUT2D eigenvalue weighted by molar-refractivity contribution is 5.65. The number of pyridine rings is 1. The van der Waals surface area contributed by atoms with Gasteiger partial charge in [-0.05, 0) is 77.5 Å². The first-order valence-corrected chi connectivity index (χ1v) is 11.7. The predicted octanol–water partition coefficient (Wildman–Crippen LogP) is 4.06. The molecule has 3 heterocycles. The third-order valence-electron chi connectivity index (χ3n) is 6.05. The Bertz CT molecular complexity index is 1190. The number of aliphatic hydroxyl groups is 1. The number of nitrogens with zero attached hydrogens (tertiary/aromatic N) is 4. The maximum atomic E-state index is 9.86. The van der Waals surface area contributed by atoms with Crippen molar-refractivity contribution >= 4 is 5.82 Å². The zero-order valence-corrected chi connectivity index (χ0v) is 20.3. The average Bonchev–Trinajstić information content (AvgIpc) is 3.29. The quantitative estimate of drug-likeness (QED) is 0.560. The number of rotatable bonds is 5. The fraction of sp³-hybridized carbons (Fsp3) is 0.407. The van der Waals surface area contributed by atoms with Crippen LogP contribution < -0.4 is 10.5 Å². The van der Waals surface area contributed by atoms with Gasteiger partial charge < -0.3 is 20.5 Å². The SMILES string of the molecule is CC(Oc1cc(-c2cnn(C3CCN(C)CC3)c2)cnc1N)c1cccc(C#CC(C)(C)O)c1. The highest BCUT2D eigenvalue weighted by Crippen LogP contribution is 2.31. The molecule has 1 unspecified atom stereocenters. The lowest BCUT2D eigenvalue weighted by atomic mass is 10.1. The van der Waals surface area contributed by atoms with Crippen molar-refractivity contribution in [3.05, 3.63) is 60.0 Å². The number of benzene rings is 1. The van der Waals surface area contributed by atoms with Crippen LogP contribution >= 0.6 is 0 Å². The molecule has 1 saturated heterocycles. The number of piperidine rings is 1. The molecule has 0 aliphatic carbocycles. The summed E-state index contributed by atoms with van der Waals surface area (Å²) in [7, 11) is 2.16. The molecule has 7 heteroatoms. The number of aromatic nitrogens is 3. The van der Waals surface area contributed by atoms with Gasteiger partial charge in [0.2, 0.25) is 0 Å². The Morgan fingerprint density at radius 2 is 1.94 bits per heavy atom. The van der Waals surface area contributed by atoms with E-state index in [0.717, 1.165) is 48.2 Å². The molecule has 1 atom stereocenters. The monoisotopic (exact) mass is 459 g/mol. The smallest absolute Gasteiger partial charge is 0.166 e. The van der Waals surface area contributed by atoms with Crippen LogP contribution in [0.3, 0.4) is 0 Å². The van der Waals surface area contributed by atoms with Crippen molar-refractivity contribution in [2.45, 2.75) is 51.4 Å². The van der Waals surface area contributed by atoms with Gasteiger partial charge in [0.1, 0.15) is 11.7 Å². The molecule has 3 aromatic rings. The van der Waals surface area contributed by atoms with Crippen LogP contribution in [-0.2, 0) is 0 Å². The van der Waals surface area contributed by atoms with Gasteiger partial charge in [0, 0.05) is 29.1 Å². The van der Waals surface area contributed by atoms with Crippen LogP contribution in [0, 0.1) is 11.8 Å². The molecule has 7 nitrogen and oxygen atoms in total. The van der Waals surface area contributed by atoms with Crippen LogP contribution in [0.1, 0.15) is 56.9 Å². The maximum Gasteiger partial charge on any atom is 0.166 e. The molecule has 0 spiro atoms. The fourth-order valence-electron chi connectivity index (χ4n) is 4.01. The van der Waals surface area contributed by atoms with E-state index >= 15 is 0 Å². The summed E-state index contributed by atoms with van der Waals surface area (Å²) in [6.07, 6.45) is 7.66. The molecule has 178 valence electrons. The van der Waals surface area contributed by atoms with Gasteiger partial charge in [-0.25, -0.2) is 4.98 Å². The molecule has 1 aliphatic rings. The van der Waals surface area contributed by atoms with E-state index in [4.69, 9.17) is 10.5 Å². The second kappa shape index (κ2) is 9.88. The number of hydrogen-bond donors (Lipinski definition) is 2. The molecule has 4 rings (SSSR count). The lowest BCUT2D eigenvalue weighted by Crippen LogP contribution is -2.31. The number of nitrogen functional groups attached to an aromatic ring is 1. The Balaban J connectivity index is 1.50. The standard InChI is InChI=1S/C27H33N5O2/c1-19(21-7-5-6-20(14-21)8-11-27(2,3)33)34-25-15-22(16-29-26(25)28)23-17-30-32(18-23)24-9-12-31(4)13-10-24/h5-7,14-19,24,33H,9-10,12-13H2,1-4H3,(H2,28,29). The van der Waals surface area contributed by atoms with Gasteiger partial charge in [-0.1, -0.05) is 24.0 Å². The Morgan fingerprint density at radius 3 is 2.68 bits per heavy atom. The zero-order valence-electron chi connectivity index (χ0n) is 20.3. The van der Waals surface area contributed by atoms with Crippen molar-refractivity contribution in [1.29, 1.82) is 0 Å². The van der Waals surface area contributed by atoms with Crippen molar-refractivity contribution in [3.63, 3.8) is 0 Å². The number of likely N-dealkylation sites (tertiary alicyclic amines) is 1. The summed E-state index contributed by atoms with van der Waals surface area (Å²) in [4.78, 5) is 6.72. The van der Waals surface area contributed by atoms with Crippen LogP contribution in [0.2, 0.25) is 0 Å². The first-order valence-electron chi connectivity index (χ1n) is 11.7. The molecule has 1 aliphatic heterocycles. The second-order valence-electron chi connectivity index (χ2n) is 9.55. The van der Waals surface area contributed by atoms with E-state index in [0.29, 0.717) is 17.6 Å². The molecule has 1 fully saturated rings. The van der Waals surface area contributed by atoms with Crippen molar-refractivity contribution in [3.8, 4) is 28.7 Å². The molecule has 0 saturated carbocycles. The molecular formula is C27H33N5O2. The zero-order chi connectivity index (χ0) is 24.3. The van der Waals surface area contributed by atoms with Gasteiger partial charge in [-0.15, -0.1) is 0 Å². The highest BCUT2D eigenvalue weighted by atomic mass is 16.5. The van der Waals surface area contributed by atoms with E-state index in [1.807, 2.05) is 43.5 Å².